The predicted octanol–water partition coefficient (Wildman–Crippen LogP) is 4.04. The van der Waals surface area contributed by atoms with E-state index in [4.69, 9.17) is 9.47 Å². The number of ether oxygens (including phenoxy) is 2. The van der Waals surface area contributed by atoms with Gasteiger partial charge in [-0.2, -0.15) is 9.61 Å². The molecule has 1 aliphatic rings. The monoisotopic (exact) mass is 490 g/mol. The minimum absolute atomic E-state index is 0.178. The summed E-state index contributed by atoms with van der Waals surface area (Å²) in [7, 11) is 0. The van der Waals surface area contributed by atoms with Crippen LogP contribution < -0.4 is 15.6 Å². The maximum Gasteiger partial charge on any atom is 0.340 e. The standard InChI is InChI=1S/C25H22N4O5S/c1-2-33-18-11-9-15(10-12-18)22(31)27-20-6-4-3-5-19(20)24(32)34-14-17-13-21(30)29-25(26-17)35-23(28-29)16-7-8-16/h3-6,9-13,16H,2,7-8,14H2,1H3,(H,27,31). The van der Waals surface area contributed by atoms with E-state index in [0.29, 0.717) is 40.2 Å². The van der Waals surface area contributed by atoms with E-state index in [-0.39, 0.29) is 23.6 Å². The van der Waals surface area contributed by atoms with Crippen molar-refractivity contribution >= 4 is 33.9 Å². The van der Waals surface area contributed by atoms with E-state index in [0.717, 1.165) is 17.8 Å². The lowest BCUT2D eigenvalue weighted by molar-refractivity contribution is 0.0469. The van der Waals surface area contributed by atoms with Crippen molar-refractivity contribution in [1.82, 2.24) is 14.6 Å². The molecule has 2 aromatic carbocycles. The molecule has 1 aliphatic carbocycles. The van der Waals surface area contributed by atoms with Gasteiger partial charge in [-0.05, 0) is 56.2 Å². The number of hydrogen-bond donors (Lipinski definition) is 1. The molecule has 0 atom stereocenters. The first kappa shape index (κ1) is 22.7. The number of amides is 1. The molecule has 9 nitrogen and oxygen atoms in total. The van der Waals surface area contributed by atoms with E-state index in [1.807, 2.05) is 6.92 Å². The Morgan fingerprint density at radius 1 is 1.14 bits per heavy atom. The summed E-state index contributed by atoms with van der Waals surface area (Å²) >= 11 is 1.38. The van der Waals surface area contributed by atoms with Gasteiger partial charge in [-0.25, -0.2) is 9.78 Å². The Morgan fingerprint density at radius 3 is 2.66 bits per heavy atom. The van der Waals surface area contributed by atoms with Crippen LogP contribution in [0.25, 0.3) is 4.96 Å². The largest absolute Gasteiger partial charge is 0.494 e. The second-order valence-electron chi connectivity index (χ2n) is 8.03. The molecule has 2 aromatic heterocycles. The number of nitrogens with zero attached hydrogens (tertiary/aromatic N) is 3. The third-order valence-corrected chi connectivity index (χ3v) is 6.49. The molecule has 0 spiro atoms. The Morgan fingerprint density at radius 2 is 1.91 bits per heavy atom. The minimum atomic E-state index is -0.641. The zero-order valence-corrected chi connectivity index (χ0v) is 19.7. The maximum absolute atomic E-state index is 12.8. The fourth-order valence-corrected chi connectivity index (χ4v) is 4.58. The lowest BCUT2D eigenvalue weighted by atomic mass is 10.1. The molecule has 35 heavy (non-hydrogen) atoms. The Kier molecular flexibility index (Phi) is 6.28. The van der Waals surface area contributed by atoms with Crippen LogP contribution in [0.4, 0.5) is 5.69 Å². The van der Waals surface area contributed by atoms with Crippen LogP contribution in [0.2, 0.25) is 0 Å². The SMILES string of the molecule is CCOc1ccc(C(=O)Nc2ccccc2C(=O)OCc2cc(=O)n3nc(C4CC4)sc3n2)cc1. The number of carbonyl (C=O) groups is 2. The molecule has 0 bridgehead atoms. The van der Waals surface area contributed by atoms with Crippen LogP contribution >= 0.6 is 11.3 Å². The highest BCUT2D eigenvalue weighted by Crippen LogP contribution is 2.41. The van der Waals surface area contributed by atoms with Crippen LogP contribution in [0.1, 0.15) is 57.1 Å². The van der Waals surface area contributed by atoms with Gasteiger partial charge in [0.25, 0.3) is 11.5 Å². The lowest BCUT2D eigenvalue weighted by Gasteiger charge is -2.11. The molecule has 178 valence electrons. The molecule has 4 aromatic rings. The van der Waals surface area contributed by atoms with Crippen molar-refractivity contribution in [2.24, 2.45) is 0 Å². The number of hydrogen-bond acceptors (Lipinski definition) is 8. The van der Waals surface area contributed by atoms with Gasteiger partial charge in [0.2, 0.25) is 4.96 Å². The fourth-order valence-electron chi connectivity index (χ4n) is 3.49. The number of nitrogens with one attached hydrogen (secondary N) is 1. The fraction of sp³-hybridized carbons (Fsp3) is 0.240. The maximum atomic E-state index is 12.8. The summed E-state index contributed by atoms with van der Waals surface area (Å²) < 4.78 is 12.1. The van der Waals surface area contributed by atoms with Crippen molar-refractivity contribution in [3.05, 3.63) is 86.8 Å². The quantitative estimate of drug-likeness (QED) is 0.371. The summed E-state index contributed by atoms with van der Waals surface area (Å²) in [6.07, 6.45) is 2.15. The molecule has 0 unspecified atom stereocenters. The van der Waals surface area contributed by atoms with Crippen molar-refractivity contribution in [2.45, 2.75) is 32.3 Å². The number of rotatable bonds is 8. The molecule has 0 saturated heterocycles. The van der Waals surface area contributed by atoms with E-state index in [1.165, 1.54) is 21.9 Å². The molecule has 1 fully saturated rings. The first-order valence-corrected chi connectivity index (χ1v) is 12.0. The number of anilines is 1. The highest BCUT2D eigenvalue weighted by atomic mass is 32.1. The van der Waals surface area contributed by atoms with Gasteiger partial charge < -0.3 is 14.8 Å². The molecule has 1 saturated carbocycles. The second kappa shape index (κ2) is 9.67. The average molecular weight is 491 g/mol. The summed E-state index contributed by atoms with van der Waals surface area (Å²) in [4.78, 5) is 42.8. The first-order valence-electron chi connectivity index (χ1n) is 11.2. The van der Waals surface area contributed by atoms with E-state index in [1.54, 1.807) is 48.5 Å². The molecule has 0 radical (unpaired) electrons. The normalized spacial score (nSPS) is 12.9. The van der Waals surface area contributed by atoms with Crippen molar-refractivity contribution in [3.63, 3.8) is 0 Å². The number of carbonyl (C=O) groups excluding carboxylic acids is 2. The van der Waals surface area contributed by atoms with Crippen LogP contribution in [0, 0.1) is 0 Å². The van der Waals surface area contributed by atoms with E-state index in [9.17, 15) is 14.4 Å². The highest BCUT2D eigenvalue weighted by molar-refractivity contribution is 7.16. The number of aromatic nitrogens is 3. The minimum Gasteiger partial charge on any atom is -0.494 e. The number of fused-ring (bicyclic) bond motifs is 1. The van der Waals surface area contributed by atoms with E-state index >= 15 is 0 Å². The van der Waals surface area contributed by atoms with Gasteiger partial charge >= 0.3 is 5.97 Å². The van der Waals surface area contributed by atoms with Crippen molar-refractivity contribution in [1.29, 1.82) is 0 Å². The molecule has 1 amide bonds. The van der Waals surface area contributed by atoms with Crippen LogP contribution in [-0.4, -0.2) is 33.1 Å². The topological polar surface area (TPSA) is 112 Å². The third kappa shape index (κ3) is 5.07. The molecule has 0 aliphatic heterocycles. The second-order valence-corrected chi connectivity index (χ2v) is 9.02. The molecule has 10 heteroatoms. The summed E-state index contributed by atoms with van der Waals surface area (Å²) in [5.74, 6) is 0.0703. The van der Waals surface area contributed by atoms with Gasteiger partial charge in [0, 0.05) is 17.5 Å². The number of esters is 1. The summed E-state index contributed by atoms with van der Waals surface area (Å²) in [5, 5.41) is 8.00. The van der Waals surface area contributed by atoms with Crippen LogP contribution in [0.3, 0.4) is 0 Å². The Hall–Kier alpha value is -4.05. The zero-order valence-electron chi connectivity index (χ0n) is 18.9. The van der Waals surface area contributed by atoms with Crippen molar-refractivity contribution in [3.8, 4) is 5.75 Å². The van der Waals surface area contributed by atoms with Gasteiger partial charge in [0.1, 0.15) is 17.4 Å². The third-order valence-electron chi connectivity index (χ3n) is 5.41. The van der Waals surface area contributed by atoms with Gasteiger partial charge in [-0.15, -0.1) is 0 Å². The van der Waals surface area contributed by atoms with Crippen molar-refractivity contribution < 1.29 is 19.1 Å². The zero-order chi connectivity index (χ0) is 24.4. The van der Waals surface area contributed by atoms with Gasteiger partial charge in [0.05, 0.1) is 23.6 Å². The average Bonchev–Trinajstić information content (AvgIpc) is 3.62. The summed E-state index contributed by atoms with van der Waals surface area (Å²) in [6, 6.07) is 14.6. The van der Waals surface area contributed by atoms with Gasteiger partial charge in [0.15, 0.2) is 0 Å². The summed E-state index contributed by atoms with van der Waals surface area (Å²) in [5.41, 5.74) is 0.956. The number of para-hydroxylation sites is 1. The van der Waals surface area contributed by atoms with Crippen LogP contribution in [-0.2, 0) is 11.3 Å². The van der Waals surface area contributed by atoms with E-state index < -0.39 is 5.97 Å². The molecule has 5 rings (SSSR count). The van der Waals surface area contributed by atoms with E-state index in [2.05, 4.69) is 15.4 Å². The van der Waals surface area contributed by atoms with Crippen LogP contribution in [0.15, 0.2) is 59.4 Å². The molecule has 2 heterocycles. The van der Waals surface area contributed by atoms with Gasteiger partial charge in [-0.1, -0.05) is 23.5 Å². The molecule has 1 N–H and O–H groups in total. The molecular formula is C25H22N4O5S. The molecular weight excluding hydrogens is 468 g/mol. The Bertz CT molecular complexity index is 1460. The first-order chi connectivity index (χ1) is 17.0. The predicted molar refractivity (Wildman–Crippen MR) is 130 cm³/mol. The highest BCUT2D eigenvalue weighted by Gasteiger charge is 2.28. The Balaban J connectivity index is 1.28. The van der Waals surface area contributed by atoms with Crippen molar-refractivity contribution in [2.75, 3.05) is 11.9 Å². The summed E-state index contributed by atoms with van der Waals surface area (Å²) in [6.45, 7) is 2.24. The number of benzene rings is 2. The smallest absolute Gasteiger partial charge is 0.340 e. The lowest BCUT2D eigenvalue weighted by Crippen LogP contribution is -2.18. The van der Waals surface area contributed by atoms with Gasteiger partial charge in [-0.3, -0.25) is 9.59 Å². The Labute approximate surface area is 204 Å². The van der Waals surface area contributed by atoms with Crippen LogP contribution in [0.5, 0.6) is 5.75 Å².